The number of nitrogens with zero attached hydrogens (tertiary/aromatic N) is 2. The Morgan fingerprint density at radius 3 is 3.00 bits per heavy atom. The van der Waals surface area contributed by atoms with Crippen molar-refractivity contribution in [3.8, 4) is 0 Å². The number of hydrogen-bond acceptors (Lipinski definition) is 4. The number of anilines is 2. The molecule has 1 fully saturated rings. The van der Waals surface area contributed by atoms with Gasteiger partial charge in [0.25, 0.3) is 0 Å². The summed E-state index contributed by atoms with van der Waals surface area (Å²) >= 11 is 5.28. The molecule has 3 rings (SSSR count). The summed E-state index contributed by atoms with van der Waals surface area (Å²) < 4.78 is 5.26. The Hall–Kier alpha value is -2.08. The molecule has 2 N–H and O–H groups in total. The topological polar surface area (TPSA) is 53.3 Å². The first kappa shape index (κ1) is 15.8. The monoisotopic (exact) mass is 330 g/mol. The molecule has 1 aliphatic heterocycles. The van der Waals surface area contributed by atoms with Crippen molar-refractivity contribution in [1.82, 2.24) is 10.3 Å². The smallest absolute Gasteiger partial charge is 0.171 e. The van der Waals surface area contributed by atoms with E-state index in [9.17, 15) is 0 Å². The van der Waals surface area contributed by atoms with Gasteiger partial charge in [0.05, 0.1) is 24.7 Å². The predicted octanol–water partition coefficient (Wildman–Crippen LogP) is 3.54. The van der Waals surface area contributed by atoms with Gasteiger partial charge in [-0.2, -0.15) is 0 Å². The van der Waals surface area contributed by atoms with Crippen molar-refractivity contribution in [2.45, 2.75) is 38.8 Å². The Balaban J connectivity index is 1.53. The van der Waals surface area contributed by atoms with E-state index in [-0.39, 0.29) is 0 Å². The summed E-state index contributed by atoms with van der Waals surface area (Å²) in [4.78, 5) is 6.95. The van der Waals surface area contributed by atoms with Gasteiger partial charge in [0, 0.05) is 12.6 Å². The van der Waals surface area contributed by atoms with E-state index in [1.807, 2.05) is 24.4 Å². The first-order chi connectivity index (χ1) is 11.2. The lowest BCUT2D eigenvalue weighted by atomic mass is 10.0. The van der Waals surface area contributed by atoms with Crippen LogP contribution in [-0.2, 0) is 6.54 Å². The van der Waals surface area contributed by atoms with Crippen LogP contribution in [0, 0.1) is 0 Å². The maximum Gasteiger partial charge on any atom is 0.171 e. The zero-order chi connectivity index (χ0) is 16.1. The number of pyridine rings is 1. The maximum absolute atomic E-state index is 5.28. The zero-order valence-corrected chi connectivity index (χ0v) is 14.1. The van der Waals surface area contributed by atoms with Crippen LogP contribution < -0.4 is 15.5 Å². The van der Waals surface area contributed by atoms with Crippen LogP contribution in [0.3, 0.4) is 0 Å². The number of thiocarbonyl (C=S) groups is 1. The minimum Gasteiger partial charge on any atom is -0.467 e. The van der Waals surface area contributed by atoms with Gasteiger partial charge < -0.3 is 20.0 Å². The second-order valence-corrected chi connectivity index (χ2v) is 6.24. The highest BCUT2D eigenvalue weighted by Gasteiger charge is 2.19. The van der Waals surface area contributed by atoms with E-state index in [0.29, 0.717) is 17.7 Å². The Bertz CT molecular complexity index is 627. The summed E-state index contributed by atoms with van der Waals surface area (Å²) in [5, 5.41) is 6.81. The molecule has 0 aromatic carbocycles. The fourth-order valence-electron chi connectivity index (χ4n) is 2.82. The molecule has 0 spiro atoms. The molecule has 1 aliphatic rings. The number of furan rings is 1. The van der Waals surface area contributed by atoms with Gasteiger partial charge >= 0.3 is 0 Å². The van der Waals surface area contributed by atoms with Crippen LogP contribution in [0.25, 0.3) is 0 Å². The average Bonchev–Trinajstić information content (AvgIpc) is 3.08. The van der Waals surface area contributed by atoms with Gasteiger partial charge in [0.2, 0.25) is 0 Å². The van der Waals surface area contributed by atoms with E-state index < -0.39 is 0 Å². The highest BCUT2D eigenvalue weighted by Crippen LogP contribution is 2.23. The molecule has 0 radical (unpaired) electrons. The van der Waals surface area contributed by atoms with Crippen LogP contribution >= 0.6 is 12.2 Å². The highest BCUT2D eigenvalue weighted by atomic mass is 32.1. The highest BCUT2D eigenvalue weighted by molar-refractivity contribution is 7.80. The molecule has 0 aliphatic carbocycles. The van der Waals surface area contributed by atoms with Gasteiger partial charge in [-0.05, 0) is 62.7 Å². The van der Waals surface area contributed by atoms with Crippen molar-refractivity contribution in [2.24, 2.45) is 0 Å². The lowest BCUT2D eigenvalue weighted by Gasteiger charge is -2.34. The molecule has 0 unspecified atom stereocenters. The number of aromatic nitrogens is 1. The summed E-state index contributed by atoms with van der Waals surface area (Å²) in [6, 6.07) is 8.40. The number of rotatable bonds is 4. The molecule has 23 heavy (non-hydrogen) atoms. The molecule has 1 atom stereocenters. The second-order valence-electron chi connectivity index (χ2n) is 5.83. The number of nitrogens with one attached hydrogen (secondary N) is 2. The Morgan fingerprint density at radius 2 is 2.30 bits per heavy atom. The molecule has 1 saturated heterocycles. The fraction of sp³-hybridized carbons (Fsp3) is 0.412. The van der Waals surface area contributed by atoms with E-state index in [2.05, 4.69) is 33.5 Å². The molecule has 6 heteroatoms. The Kier molecular flexibility index (Phi) is 5.12. The fourth-order valence-corrected chi connectivity index (χ4v) is 3.01. The summed E-state index contributed by atoms with van der Waals surface area (Å²) in [6.07, 6.45) is 7.28. The van der Waals surface area contributed by atoms with Gasteiger partial charge in [-0.3, -0.25) is 0 Å². The summed E-state index contributed by atoms with van der Waals surface area (Å²) in [6.45, 7) is 3.92. The van der Waals surface area contributed by atoms with E-state index in [0.717, 1.165) is 23.8 Å². The quantitative estimate of drug-likeness (QED) is 0.836. The largest absolute Gasteiger partial charge is 0.467 e. The van der Waals surface area contributed by atoms with Gasteiger partial charge in [-0.25, -0.2) is 4.98 Å². The van der Waals surface area contributed by atoms with E-state index in [1.54, 1.807) is 6.26 Å². The van der Waals surface area contributed by atoms with Crippen LogP contribution in [0.1, 0.15) is 31.9 Å². The van der Waals surface area contributed by atoms with E-state index in [1.165, 1.54) is 19.3 Å². The van der Waals surface area contributed by atoms with Crippen molar-refractivity contribution in [2.75, 3.05) is 16.8 Å². The average molecular weight is 330 g/mol. The molecule has 0 saturated carbocycles. The number of piperidine rings is 1. The first-order valence-electron chi connectivity index (χ1n) is 8.02. The van der Waals surface area contributed by atoms with Gasteiger partial charge in [-0.1, -0.05) is 0 Å². The molecule has 122 valence electrons. The van der Waals surface area contributed by atoms with E-state index in [4.69, 9.17) is 16.6 Å². The minimum absolute atomic E-state index is 0.558. The summed E-state index contributed by atoms with van der Waals surface area (Å²) in [5.74, 6) is 1.89. The van der Waals surface area contributed by atoms with Gasteiger partial charge in [0.1, 0.15) is 11.6 Å². The standard InChI is InChI=1S/C17H22N4OS/c1-13-5-2-3-9-21(13)16-8-7-14(11-18-16)20-17(23)19-12-15-6-4-10-22-15/h4,6-8,10-11,13H,2-3,5,9,12H2,1H3,(H2,19,20,23)/t13-/m1/s1. The predicted molar refractivity (Wildman–Crippen MR) is 96.7 cm³/mol. The molecule has 3 heterocycles. The third kappa shape index (κ3) is 4.22. The molecule has 5 nitrogen and oxygen atoms in total. The van der Waals surface area contributed by atoms with Crippen molar-refractivity contribution < 1.29 is 4.42 Å². The summed E-state index contributed by atoms with van der Waals surface area (Å²) in [7, 11) is 0. The Labute approximate surface area is 142 Å². The van der Waals surface area contributed by atoms with Gasteiger partial charge in [-0.15, -0.1) is 0 Å². The SMILES string of the molecule is C[C@@H]1CCCCN1c1ccc(NC(=S)NCc2ccco2)cn1. The lowest BCUT2D eigenvalue weighted by molar-refractivity contribution is 0.481. The molecule has 0 amide bonds. The zero-order valence-electron chi connectivity index (χ0n) is 13.3. The molecule has 2 aromatic rings. The van der Waals surface area contributed by atoms with Crippen molar-refractivity contribution in [1.29, 1.82) is 0 Å². The Morgan fingerprint density at radius 1 is 1.39 bits per heavy atom. The lowest BCUT2D eigenvalue weighted by Crippen LogP contribution is -2.37. The molecule has 0 bridgehead atoms. The molecular weight excluding hydrogens is 308 g/mol. The van der Waals surface area contributed by atoms with Gasteiger partial charge in [0.15, 0.2) is 5.11 Å². The molecular formula is C17H22N4OS. The van der Waals surface area contributed by atoms with Crippen molar-refractivity contribution in [3.05, 3.63) is 42.5 Å². The maximum atomic E-state index is 5.28. The molecule has 2 aromatic heterocycles. The van der Waals surface area contributed by atoms with Crippen LogP contribution in [0.5, 0.6) is 0 Å². The van der Waals surface area contributed by atoms with E-state index >= 15 is 0 Å². The first-order valence-corrected chi connectivity index (χ1v) is 8.43. The third-order valence-electron chi connectivity index (χ3n) is 4.11. The number of hydrogen-bond donors (Lipinski definition) is 2. The van der Waals surface area contributed by atoms with Crippen LogP contribution in [0.15, 0.2) is 41.1 Å². The van der Waals surface area contributed by atoms with Crippen molar-refractivity contribution in [3.63, 3.8) is 0 Å². The van der Waals surface area contributed by atoms with Crippen molar-refractivity contribution >= 4 is 28.8 Å². The summed E-state index contributed by atoms with van der Waals surface area (Å²) in [5.41, 5.74) is 0.885. The van der Waals surface area contributed by atoms with Crippen LogP contribution in [0.2, 0.25) is 0 Å². The van der Waals surface area contributed by atoms with Crippen LogP contribution in [0.4, 0.5) is 11.5 Å². The third-order valence-corrected chi connectivity index (χ3v) is 4.35. The normalized spacial score (nSPS) is 17.8. The minimum atomic E-state index is 0.558. The second kappa shape index (κ2) is 7.46. The van der Waals surface area contributed by atoms with Crippen LogP contribution in [-0.4, -0.2) is 22.7 Å².